The highest BCUT2D eigenvalue weighted by molar-refractivity contribution is 6.05. The zero-order valence-corrected chi connectivity index (χ0v) is 22.0. The maximum Gasteiger partial charge on any atom is 0.310 e. The maximum absolute atomic E-state index is 14.7. The molecule has 2 aromatic rings. The van der Waals surface area contributed by atoms with Gasteiger partial charge in [-0.05, 0) is 56.4 Å². The number of hydrogen-bond donors (Lipinski definition) is 2. The SMILES string of the molecule is C=CCN(C(=O)C1N([C@H](CO)c2ccccc2)C(=O)[C@@H]2[C@H](C(=O)O)[C@]3(C)CCC12O3)c1cc(C)ccc1C. The van der Waals surface area contributed by atoms with Crippen LogP contribution < -0.4 is 4.90 Å². The van der Waals surface area contributed by atoms with E-state index in [9.17, 15) is 24.6 Å². The highest BCUT2D eigenvalue weighted by Crippen LogP contribution is 2.64. The lowest BCUT2D eigenvalue weighted by Gasteiger charge is -2.40. The Labute approximate surface area is 222 Å². The van der Waals surface area contributed by atoms with Gasteiger partial charge in [0, 0.05) is 12.2 Å². The Morgan fingerprint density at radius 3 is 2.55 bits per heavy atom. The predicted molar refractivity (Wildman–Crippen MR) is 141 cm³/mol. The number of aliphatic carboxylic acids is 1. The number of carboxylic acids is 1. The highest BCUT2D eigenvalue weighted by Gasteiger charge is 2.79. The number of anilines is 1. The van der Waals surface area contributed by atoms with Crippen LogP contribution in [0.1, 0.15) is 42.5 Å². The van der Waals surface area contributed by atoms with Gasteiger partial charge in [-0.2, -0.15) is 0 Å². The first-order valence-corrected chi connectivity index (χ1v) is 13.0. The Kier molecular flexibility index (Phi) is 6.44. The quantitative estimate of drug-likeness (QED) is 0.519. The van der Waals surface area contributed by atoms with Crippen LogP contribution in [0.2, 0.25) is 0 Å². The average molecular weight is 519 g/mol. The van der Waals surface area contributed by atoms with E-state index in [-0.39, 0.29) is 12.5 Å². The topological polar surface area (TPSA) is 107 Å². The Morgan fingerprint density at radius 2 is 1.92 bits per heavy atom. The zero-order valence-electron chi connectivity index (χ0n) is 22.0. The van der Waals surface area contributed by atoms with E-state index in [0.717, 1.165) is 11.1 Å². The molecule has 3 heterocycles. The van der Waals surface area contributed by atoms with Crippen LogP contribution in [-0.2, 0) is 19.1 Å². The van der Waals surface area contributed by atoms with Gasteiger partial charge in [-0.3, -0.25) is 14.4 Å². The van der Waals surface area contributed by atoms with Crippen molar-refractivity contribution in [1.29, 1.82) is 0 Å². The molecule has 0 aromatic heterocycles. The van der Waals surface area contributed by atoms with Crippen molar-refractivity contribution in [3.05, 3.63) is 77.9 Å². The molecule has 3 aliphatic rings. The van der Waals surface area contributed by atoms with E-state index in [1.165, 1.54) is 4.90 Å². The van der Waals surface area contributed by atoms with Gasteiger partial charge in [0.1, 0.15) is 11.6 Å². The number of aryl methyl sites for hydroxylation is 2. The molecule has 1 spiro atoms. The minimum absolute atomic E-state index is 0.192. The van der Waals surface area contributed by atoms with E-state index >= 15 is 0 Å². The van der Waals surface area contributed by atoms with Gasteiger partial charge >= 0.3 is 5.97 Å². The highest BCUT2D eigenvalue weighted by atomic mass is 16.5. The second-order valence-corrected chi connectivity index (χ2v) is 10.9. The molecule has 200 valence electrons. The van der Waals surface area contributed by atoms with Gasteiger partial charge in [0.25, 0.3) is 5.91 Å². The lowest BCUT2D eigenvalue weighted by molar-refractivity contribution is -0.155. The number of carboxylic acid groups (broad SMARTS) is 1. The first-order chi connectivity index (χ1) is 18.1. The molecule has 3 aliphatic heterocycles. The average Bonchev–Trinajstić information content (AvgIpc) is 3.46. The van der Waals surface area contributed by atoms with Gasteiger partial charge in [-0.15, -0.1) is 6.58 Å². The molecule has 2 unspecified atom stereocenters. The van der Waals surface area contributed by atoms with Gasteiger partial charge in [0.15, 0.2) is 0 Å². The third-order valence-electron chi connectivity index (χ3n) is 8.64. The Balaban J connectivity index is 1.70. The van der Waals surface area contributed by atoms with E-state index in [2.05, 4.69) is 6.58 Å². The minimum atomic E-state index is -1.31. The molecule has 3 saturated heterocycles. The number of hydrogen-bond acceptors (Lipinski definition) is 5. The lowest BCUT2D eigenvalue weighted by Crippen LogP contribution is -2.57. The van der Waals surface area contributed by atoms with Crippen LogP contribution in [-0.4, -0.2) is 63.3 Å². The molecule has 2 N–H and O–H groups in total. The van der Waals surface area contributed by atoms with Crippen molar-refractivity contribution in [3.63, 3.8) is 0 Å². The third kappa shape index (κ3) is 3.69. The summed E-state index contributed by atoms with van der Waals surface area (Å²) in [5.41, 5.74) is 0.830. The summed E-state index contributed by atoms with van der Waals surface area (Å²) in [5.74, 6) is -4.08. The van der Waals surface area contributed by atoms with Crippen LogP contribution >= 0.6 is 0 Å². The number of ether oxygens (including phenoxy) is 1. The molecule has 6 atom stereocenters. The molecular weight excluding hydrogens is 484 g/mol. The first-order valence-electron chi connectivity index (χ1n) is 13.0. The summed E-state index contributed by atoms with van der Waals surface area (Å²) in [5, 5.41) is 20.8. The van der Waals surface area contributed by atoms with Crippen molar-refractivity contribution in [3.8, 4) is 0 Å². The number of likely N-dealkylation sites (tertiary alicyclic amines) is 1. The zero-order chi connectivity index (χ0) is 27.4. The Hall–Kier alpha value is -3.49. The van der Waals surface area contributed by atoms with Crippen molar-refractivity contribution >= 4 is 23.5 Å². The number of nitrogens with zero attached hydrogens (tertiary/aromatic N) is 2. The fourth-order valence-electron chi connectivity index (χ4n) is 6.98. The number of amides is 2. The molecule has 0 aliphatic carbocycles. The summed E-state index contributed by atoms with van der Waals surface area (Å²) in [6.07, 6.45) is 2.43. The molecule has 3 fully saturated rings. The number of aliphatic hydroxyl groups is 1. The van der Waals surface area contributed by atoms with Crippen LogP contribution in [0, 0.1) is 25.7 Å². The summed E-state index contributed by atoms with van der Waals surface area (Å²) in [7, 11) is 0. The van der Waals surface area contributed by atoms with Gasteiger partial charge in [-0.25, -0.2) is 0 Å². The normalized spacial score (nSPS) is 30.3. The van der Waals surface area contributed by atoms with Gasteiger partial charge in [0.2, 0.25) is 5.91 Å². The fourth-order valence-corrected chi connectivity index (χ4v) is 6.98. The monoisotopic (exact) mass is 518 g/mol. The molecule has 38 heavy (non-hydrogen) atoms. The summed E-state index contributed by atoms with van der Waals surface area (Å²) in [6.45, 7) is 9.20. The fraction of sp³-hybridized carbons (Fsp3) is 0.433. The summed E-state index contributed by atoms with van der Waals surface area (Å²) in [4.78, 5) is 44.4. The van der Waals surface area contributed by atoms with E-state index in [0.29, 0.717) is 24.1 Å². The van der Waals surface area contributed by atoms with Crippen LogP contribution in [0.5, 0.6) is 0 Å². The molecule has 2 aromatic carbocycles. The number of benzene rings is 2. The smallest absolute Gasteiger partial charge is 0.310 e. The van der Waals surface area contributed by atoms with Crippen molar-refractivity contribution in [2.24, 2.45) is 11.8 Å². The van der Waals surface area contributed by atoms with Crippen molar-refractivity contribution in [2.45, 2.75) is 56.9 Å². The number of fused-ring (bicyclic) bond motifs is 1. The standard InChI is InChI=1S/C30H34N2O6/c1-5-15-31(21-16-18(2)11-12-19(21)3)27(35)25-30-14-13-29(4,38-30)24(28(36)37)23(30)26(34)32(25)22(17-33)20-9-7-6-8-10-20/h5-12,16,22-25,33H,1,13-15,17H2,2-4H3,(H,36,37)/t22-,23+,24-,25?,29+,30?/m1/s1. The molecular formula is C30H34N2O6. The number of carbonyl (C=O) groups is 3. The van der Waals surface area contributed by atoms with Crippen molar-refractivity contribution in [1.82, 2.24) is 4.90 Å². The summed E-state index contributed by atoms with van der Waals surface area (Å²) in [6, 6.07) is 12.9. The maximum atomic E-state index is 14.7. The molecule has 0 saturated carbocycles. The minimum Gasteiger partial charge on any atom is -0.481 e. The molecule has 0 radical (unpaired) electrons. The van der Waals surface area contributed by atoms with E-state index in [1.54, 1.807) is 42.2 Å². The van der Waals surface area contributed by atoms with E-state index in [4.69, 9.17) is 4.74 Å². The number of carbonyl (C=O) groups excluding carboxylic acids is 2. The van der Waals surface area contributed by atoms with Gasteiger partial charge in [-0.1, -0.05) is 48.5 Å². The largest absolute Gasteiger partial charge is 0.481 e. The Morgan fingerprint density at radius 1 is 1.21 bits per heavy atom. The second-order valence-electron chi connectivity index (χ2n) is 10.9. The molecule has 2 bridgehead atoms. The number of aliphatic hydroxyl groups excluding tert-OH is 1. The van der Waals surface area contributed by atoms with Gasteiger partial charge < -0.3 is 24.7 Å². The first kappa shape index (κ1) is 26.1. The van der Waals surface area contributed by atoms with Gasteiger partial charge in [0.05, 0.1) is 30.1 Å². The predicted octanol–water partition coefficient (Wildman–Crippen LogP) is 3.41. The molecule has 5 rings (SSSR count). The van der Waals surface area contributed by atoms with Crippen molar-refractivity contribution < 1.29 is 29.3 Å². The molecule has 8 nitrogen and oxygen atoms in total. The summed E-state index contributed by atoms with van der Waals surface area (Å²) < 4.78 is 6.53. The Bertz CT molecular complexity index is 1290. The van der Waals surface area contributed by atoms with Crippen LogP contribution in [0.15, 0.2) is 61.2 Å². The number of rotatable bonds is 8. The van der Waals surface area contributed by atoms with Crippen molar-refractivity contribution in [2.75, 3.05) is 18.1 Å². The molecule has 8 heteroatoms. The molecule has 2 amide bonds. The van der Waals surface area contributed by atoms with E-state index in [1.807, 2.05) is 38.1 Å². The second kappa shape index (κ2) is 9.36. The van der Waals surface area contributed by atoms with Crippen LogP contribution in [0.3, 0.4) is 0 Å². The van der Waals surface area contributed by atoms with E-state index < -0.39 is 53.6 Å². The third-order valence-corrected chi connectivity index (χ3v) is 8.64. The summed E-state index contributed by atoms with van der Waals surface area (Å²) >= 11 is 0. The van der Waals surface area contributed by atoms with Crippen LogP contribution in [0.25, 0.3) is 0 Å². The lowest BCUT2D eigenvalue weighted by atomic mass is 9.66. The van der Waals surface area contributed by atoms with Crippen LogP contribution in [0.4, 0.5) is 5.69 Å².